The highest BCUT2D eigenvalue weighted by atomic mass is 16.6. The van der Waals surface area contributed by atoms with Gasteiger partial charge in [-0.2, -0.15) is 0 Å². The topological polar surface area (TPSA) is 60.0 Å². The number of methoxy groups -OCH3 is 2. The SMILES string of the molecule is COc1ccc2c3c1OC1[C@@]4(OC)C=C[C@@]5(C[C@@H]4C(=O)NCCc4ccccc4)[C@@H](C2)N(CC2CC2)CC[C@]315. The Balaban J connectivity index is 1.21. The lowest BCUT2D eigenvalue weighted by molar-refractivity contribution is -0.215. The maximum absolute atomic E-state index is 14.1. The van der Waals surface area contributed by atoms with Crippen molar-refractivity contribution in [3.8, 4) is 11.5 Å². The lowest BCUT2D eigenvalue weighted by Crippen LogP contribution is -2.80. The second kappa shape index (κ2) is 8.34. The average molecular weight is 527 g/mol. The first kappa shape index (κ1) is 24.0. The van der Waals surface area contributed by atoms with Crippen molar-refractivity contribution in [3.05, 3.63) is 71.3 Å². The van der Waals surface area contributed by atoms with Crippen LogP contribution in [0.2, 0.25) is 0 Å². The highest BCUT2D eigenvalue weighted by Crippen LogP contribution is 2.74. The van der Waals surface area contributed by atoms with Crippen molar-refractivity contribution >= 4 is 5.91 Å². The second-order valence-corrected chi connectivity index (χ2v) is 12.7. The predicted octanol–water partition coefficient (Wildman–Crippen LogP) is 4.05. The summed E-state index contributed by atoms with van der Waals surface area (Å²) in [6.07, 6.45) is 10.7. The molecule has 3 fully saturated rings. The zero-order chi connectivity index (χ0) is 26.4. The van der Waals surface area contributed by atoms with Gasteiger partial charge < -0.3 is 19.5 Å². The van der Waals surface area contributed by atoms with Gasteiger partial charge in [-0.25, -0.2) is 0 Å². The van der Waals surface area contributed by atoms with E-state index >= 15 is 0 Å². The van der Waals surface area contributed by atoms with E-state index in [1.54, 1.807) is 14.2 Å². The third kappa shape index (κ3) is 3.02. The Morgan fingerprint density at radius 3 is 2.74 bits per heavy atom. The Kier molecular flexibility index (Phi) is 5.13. The summed E-state index contributed by atoms with van der Waals surface area (Å²) in [5.74, 6) is 2.27. The quantitative estimate of drug-likeness (QED) is 0.526. The Morgan fingerprint density at radius 2 is 1.97 bits per heavy atom. The first-order valence-electron chi connectivity index (χ1n) is 14.7. The van der Waals surface area contributed by atoms with E-state index in [0.29, 0.717) is 12.6 Å². The molecule has 39 heavy (non-hydrogen) atoms. The van der Waals surface area contributed by atoms with Crippen molar-refractivity contribution in [1.82, 2.24) is 10.2 Å². The highest BCUT2D eigenvalue weighted by Gasteiger charge is 2.80. The fraction of sp³-hybridized carbons (Fsp3) is 0.545. The molecule has 2 aliphatic heterocycles. The van der Waals surface area contributed by atoms with E-state index in [2.05, 4.69) is 46.6 Å². The first-order chi connectivity index (χ1) is 19.1. The molecule has 6 heteroatoms. The Hall–Kier alpha value is -2.83. The van der Waals surface area contributed by atoms with Gasteiger partial charge >= 0.3 is 0 Å². The van der Waals surface area contributed by atoms with Crippen molar-refractivity contribution in [2.24, 2.45) is 17.3 Å². The zero-order valence-corrected chi connectivity index (χ0v) is 22.9. The molecule has 2 aromatic rings. The van der Waals surface area contributed by atoms with E-state index in [-0.39, 0.29) is 28.8 Å². The van der Waals surface area contributed by atoms with E-state index in [4.69, 9.17) is 14.2 Å². The van der Waals surface area contributed by atoms with Crippen LogP contribution < -0.4 is 14.8 Å². The van der Waals surface area contributed by atoms with Gasteiger partial charge in [0.1, 0.15) is 11.7 Å². The summed E-state index contributed by atoms with van der Waals surface area (Å²) in [6, 6.07) is 15.1. The summed E-state index contributed by atoms with van der Waals surface area (Å²) >= 11 is 0. The molecule has 204 valence electrons. The van der Waals surface area contributed by atoms with E-state index in [1.807, 2.05) is 18.2 Å². The van der Waals surface area contributed by atoms with Crippen LogP contribution >= 0.6 is 0 Å². The van der Waals surface area contributed by atoms with Gasteiger partial charge in [0.2, 0.25) is 5.91 Å². The summed E-state index contributed by atoms with van der Waals surface area (Å²) < 4.78 is 19.3. The number of rotatable bonds is 8. The Morgan fingerprint density at radius 1 is 1.13 bits per heavy atom. The van der Waals surface area contributed by atoms with Gasteiger partial charge in [0, 0.05) is 37.2 Å². The summed E-state index contributed by atoms with van der Waals surface area (Å²) in [5.41, 5.74) is 2.76. The van der Waals surface area contributed by atoms with Crippen LogP contribution in [0.5, 0.6) is 11.5 Å². The van der Waals surface area contributed by atoms with Gasteiger partial charge in [0.15, 0.2) is 11.5 Å². The van der Waals surface area contributed by atoms with Crippen LogP contribution in [0.15, 0.2) is 54.6 Å². The standard InChI is InChI=1S/C33H38N2O4/c1-37-25-11-10-23-18-26-31-13-14-33(38-2,24(19-31)29(36)34-16-12-21-6-4-3-5-7-21)30-32(31,27(23)28(25)39-30)15-17-35(26)20-22-8-9-22/h3-7,10-11,13-14,22,24,26,30H,8-9,12,15-20H2,1-2H3,(H,34,36)/t24-,26-,30?,31-,32+,33-/m1/s1. The van der Waals surface area contributed by atoms with Crippen LogP contribution in [0.4, 0.5) is 0 Å². The molecule has 9 rings (SSSR count). The molecule has 1 N–H and O–H groups in total. The summed E-state index contributed by atoms with van der Waals surface area (Å²) in [4.78, 5) is 16.8. The van der Waals surface area contributed by atoms with Crippen LogP contribution in [-0.2, 0) is 27.8 Å². The van der Waals surface area contributed by atoms with E-state index < -0.39 is 5.60 Å². The Bertz CT molecular complexity index is 1350. The molecule has 0 radical (unpaired) electrons. The molecule has 5 aliphatic carbocycles. The van der Waals surface area contributed by atoms with Gasteiger partial charge in [0.05, 0.1) is 18.4 Å². The van der Waals surface area contributed by atoms with Crippen LogP contribution in [0.3, 0.4) is 0 Å². The van der Waals surface area contributed by atoms with Crippen molar-refractivity contribution < 1.29 is 19.0 Å². The van der Waals surface area contributed by atoms with Gasteiger partial charge in [-0.15, -0.1) is 0 Å². The average Bonchev–Trinajstić information content (AvgIpc) is 3.71. The number of likely N-dealkylation sites (tertiary alicyclic amines) is 1. The van der Waals surface area contributed by atoms with E-state index in [9.17, 15) is 4.79 Å². The minimum Gasteiger partial charge on any atom is -0.493 e. The molecule has 4 bridgehead atoms. The van der Waals surface area contributed by atoms with Crippen LogP contribution in [0.25, 0.3) is 0 Å². The molecule has 0 aromatic heterocycles. The third-order valence-electron chi connectivity index (χ3n) is 11.2. The number of ether oxygens (including phenoxy) is 3. The first-order valence-corrected chi connectivity index (χ1v) is 14.7. The molecule has 2 saturated carbocycles. The smallest absolute Gasteiger partial charge is 0.226 e. The minimum atomic E-state index is -0.819. The molecule has 7 aliphatic rings. The fourth-order valence-electron chi connectivity index (χ4n) is 9.32. The largest absolute Gasteiger partial charge is 0.493 e. The molecule has 2 spiro atoms. The van der Waals surface area contributed by atoms with Crippen LogP contribution in [0.1, 0.15) is 42.4 Å². The summed E-state index contributed by atoms with van der Waals surface area (Å²) in [5, 5.41) is 3.30. The number of nitrogens with one attached hydrogen (secondary N) is 1. The molecule has 1 saturated heterocycles. The minimum absolute atomic E-state index is 0.0792. The van der Waals surface area contributed by atoms with E-state index in [0.717, 1.165) is 49.6 Å². The van der Waals surface area contributed by atoms with Gasteiger partial charge in [0.25, 0.3) is 0 Å². The molecule has 2 aromatic carbocycles. The van der Waals surface area contributed by atoms with Crippen molar-refractivity contribution in [2.45, 2.75) is 61.7 Å². The van der Waals surface area contributed by atoms with Crippen molar-refractivity contribution in [2.75, 3.05) is 33.9 Å². The Labute approximate surface area is 230 Å². The number of piperidine rings is 1. The molecular weight excluding hydrogens is 488 g/mol. The van der Waals surface area contributed by atoms with Gasteiger partial charge in [-0.05, 0) is 68.2 Å². The van der Waals surface area contributed by atoms with Gasteiger partial charge in [-0.3, -0.25) is 9.69 Å². The second-order valence-electron chi connectivity index (χ2n) is 12.7. The molecule has 2 heterocycles. The fourth-order valence-corrected chi connectivity index (χ4v) is 9.32. The third-order valence-corrected chi connectivity index (χ3v) is 11.2. The van der Waals surface area contributed by atoms with Gasteiger partial charge in [-0.1, -0.05) is 48.6 Å². The summed E-state index contributed by atoms with van der Waals surface area (Å²) in [6.45, 7) is 2.85. The predicted molar refractivity (Wildman–Crippen MR) is 148 cm³/mol. The number of hydrogen-bond acceptors (Lipinski definition) is 5. The molecular formula is C33H38N2O4. The number of carbonyl (C=O) groups excluding carboxylic acids is 1. The monoisotopic (exact) mass is 526 g/mol. The molecule has 1 amide bonds. The van der Waals surface area contributed by atoms with Crippen LogP contribution in [-0.4, -0.2) is 62.4 Å². The van der Waals surface area contributed by atoms with E-state index in [1.165, 1.54) is 36.1 Å². The lowest BCUT2D eigenvalue weighted by Gasteiger charge is -2.71. The van der Waals surface area contributed by atoms with Crippen molar-refractivity contribution in [3.63, 3.8) is 0 Å². The number of hydrogen-bond donors (Lipinski definition) is 1. The number of benzene rings is 2. The number of fused-ring (bicyclic) bond motifs is 1. The van der Waals surface area contributed by atoms with Crippen molar-refractivity contribution in [1.29, 1.82) is 0 Å². The summed E-state index contributed by atoms with van der Waals surface area (Å²) in [7, 11) is 3.49. The normalized spacial score (nSPS) is 36.8. The maximum Gasteiger partial charge on any atom is 0.226 e. The number of carbonyl (C=O) groups is 1. The molecule has 6 atom stereocenters. The number of amides is 1. The lowest BCUT2D eigenvalue weighted by atomic mass is 9.37. The molecule has 1 unspecified atom stereocenters. The number of nitrogens with zero attached hydrogens (tertiary/aromatic N) is 1. The maximum atomic E-state index is 14.1. The zero-order valence-electron chi connectivity index (χ0n) is 22.9. The molecule has 6 nitrogen and oxygen atoms in total. The van der Waals surface area contributed by atoms with Crippen LogP contribution in [0, 0.1) is 17.3 Å². The highest BCUT2D eigenvalue weighted by molar-refractivity contribution is 5.83.